The number of carbonyl (C=O) groups excluding carboxylic acids is 1. The molecule has 4 rings (SSSR count). The second-order valence-corrected chi connectivity index (χ2v) is 6.78. The highest BCUT2D eigenvalue weighted by molar-refractivity contribution is 5.94. The predicted octanol–water partition coefficient (Wildman–Crippen LogP) is 3.90. The molecule has 4 heteroatoms. The molecule has 2 aliphatic heterocycles. The number of ketones is 1. The van der Waals surface area contributed by atoms with Crippen LogP contribution in [0, 0.1) is 0 Å². The van der Waals surface area contributed by atoms with Gasteiger partial charge in [-0.25, -0.2) is 0 Å². The van der Waals surface area contributed by atoms with Crippen LogP contribution in [-0.4, -0.2) is 37.9 Å². The highest BCUT2D eigenvalue weighted by Gasteiger charge is 2.39. The van der Waals surface area contributed by atoms with Crippen molar-refractivity contribution in [2.75, 3.05) is 31.2 Å². The summed E-state index contributed by atoms with van der Waals surface area (Å²) in [5.41, 5.74) is 4.27. The van der Waals surface area contributed by atoms with Crippen LogP contribution in [0.5, 0.6) is 0 Å². The number of ether oxygens (including phenoxy) is 2. The number of benzene rings is 2. The molecule has 0 unspecified atom stereocenters. The van der Waals surface area contributed by atoms with E-state index in [1.807, 2.05) is 24.3 Å². The Balaban J connectivity index is 1.44. The fourth-order valence-corrected chi connectivity index (χ4v) is 3.65. The first kappa shape index (κ1) is 16.3. The van der Waals surface area contributed by atoms with Gasteiger partial charge in [0.1, 0.15) is 0 Å². The summed E-state index contributed by atoms with van der Waals surface area (Å²) in [7, 11) is 0. The van der Waals surface area contributed by atoms with E-state index >= 15 is 0 Å². The van der Waals surface area contributed by atoms with Crippen LogP contribution in [0.25, 0.3) is 11.1 Å². The lowest BCUT2D eigenvalue weighted by atomic mass is 10.0. The zero-order valence-corrected chi connectivity index (χ0v) is 14.5. The van der Waals surface area contributed by atoms with Crippen molar-refractivity contribution in [3.05, 3.63) is 54.1 Å². The van der Waals surface area contributed by atoms with Crippen LogP contribution in [0.4, 0.5) is 5.69 Å². The van der Waals surface area contributed by atoms with Crippen molar-refractivity contribution in [3.63, 3.8) is 0 Å². The third kappa shape index (κ3) is 3.32. The van der Waals surface area contributed by atoms with Gasteiger partial charge in [-0.2, -0.15) is 0 Å². The molecular weight excluding hydrogens is 314 g/mol. The van der Waals surface area contributed by atoms with Gasteiger partial charge in [-0.1, -0.05) is 36.4 Å². The summed E-state index contributed by atoms with van der Waals surface area (Å²) in [6, 6.07) is 16.4. The molecule has 0 bridgehead atoms. The molecule has 0 saturated carbocycles. The van der Waals surface area contributed by atoms with E-state index in [4.69, 9.17) is 9.47 Å². The van der Waals surface area contributed by atoms with Gasteiger partial charge in [0, 0.05) is 37.2 Å². The Labute approximate surface area is 148 Å². The minimum Gasteiger partial charge on any atom is -0.371 e. The van der Waals surface area contributed by atoms with Gasteiger partial charge < -0.3 is 14.4 Å². The molecule has 0 amide bonds. The van der Waals surface area contributed by atoms with Crippen molar-refractivity contribution in [1.29, 1.82) is 0 Å². The first-order valence-electron chi connectivity index (χ1n) is 8.90. The maximum atomic E-state index is 11.4. The first-order chi connectivity index (χ1) is 12.2. The largest absolute Gasteiger partial charge is 0.371 e. The second-order valence-electron chi connectivity index (χ2n) is 6.78. The van der Waals surface area contributed by atoms with Crippen LogP contribution < -0.4 is 4.90 Å². The van der Waals surface area contributed by atoms with Gasteiger partial charge in [0.05, 0.1) is 13.2 Å². The highest BCUT2D eigenvalue weighted by atomic mass is 16.7. The van der Waals surface area contributed by atoms with E-state index in [9.17, 15) is 4.79 Å². The van der Waals surface area contributed by atoms with E-state index < -0.39 is 0 Å². The Morgan fingerprint density at radius 1 is 0.880 bits per heavy atom. The van der Waals surface area contributed by atoms with Crippen molar-refractivity contribution in [1.82, 2.24) is 0 Å². The summed E-state index contributed by atoms with van der Waals surface area (Å²) >= 11 is 0. The topological polar surface area (TPSA) is 38.8 Å². The van der Waals surface area contributed by atoms with Gasteiger partial charge in [-0.3, -0.25) is 4.79 Å². The molecule has 130 valence electrons. The van der Waals surface area contributed by atoms with E-state index in [-0.39, 0.29) is 11.6 Å². The smallest absolute Gasteiger partial charge is 0.171 e. The van der Waals surface area contributed by atoms with Crippen molar-refractivity contribution in [2.24, 2.45) is 0 Å². The molecule has 25 heavy (non-hydrogen) atoms. The molecule has 2 aromatic carbocycles. The Morgan fingerprint density at radius 3 is 1.92 bits per heavy atom. The van der Waals surface area contributed by atoms with Crippen molar-refractivity contribution >= 4 is 11.5 Å². The number of rotatable bonds is 3. The van der Waals surface area contributed by atoms with Crippen molar-refractivity contribution < 1.29 is 14.3 Å². The molecule has 2 aliphatic rings. The van der Waals surface area contributed by atoms with E-state index in [1.165, 1.54) is 5.69 Å². The number of hydrogen-bond acceptors (Lipinski definition) is 4. The zero-order valence-electron chi connectivity index (χ0n) is 14.5. The lowest BCUT2D eigenvalue weighted by Gasteiger charge is -2.38. The summed E-state index contributed by atoms with van der Waals surface area (Å²) < 4.78 is 11.6. The maximum Gasteiger partial charge on any atom is 0.171 e. The molecule has 2 heterocycles. The maximum absolute atomic E-state index is 11.4. The summed E-state index contributed by atoms with van der Waals surface area (Å²) in [5.74, 6) is -0.227. The average Bonchev–Trinajstić information content (AvgIpc) is 3.11. The van der Waals surface area contributed by atoms with Crippen molar-refractivity contribution in [3.8, 4) is 11.1 Å². The average molecular weight is 337 g/mol. The molecule has 2 aromatic rings. The second kappa shape index (κ2) is 6.62. The van der Waals surface area contributed by atoms with Gasteiger partial charge in [-0.15, -0.1) is 0 Å². The number of piperidine rings is 1. The lowest BCUT2D eigenvalue weighted by molar-refractivity contribution is -0.169. The summed E-state index contributed by atoms with van der Waals surface area (Å²) in [4.78, 5) is 13.8. The molecule has 0 aliphatic carbocycles. The molecule has 0 radical (unpaired) electrons. The number of anilines is 1. The molecule has 2 saturated heterocycles. The van der Waals surface area contributed by atoms with Crippen molar-refractivity contribution in [2.45, 2.75) is 25.6 Å². The molecule has 0 aromatic heterocycles. The van der Waals surface area contributed by atoms with Crippen LogP contribution in [0.3, 0.4) is 0 Å². The van der Waals surface area contributed by atoms with Gasteiger partial charge in [-0.05, 0) is 30.2 Å². The highest BCUT2D eigenvalue weighted by Crippen LogP contribution is 2.33. The Bertz CT molecular complexity index is 736. The minimum atomic E-state index is -0.325. The number of hydrogen-bond donors (Lipinski definition) is 0. The molecule has 0 N–H and O–H groups in total. The molecular formula is C21H23NO3. The fourth-order valence-electron chi connectivity index (χ4n) is 3.65. The SMILES string of the molecule is CC(=O)c1ccc(-c2ccc(N3CCC4(CC3)OCCO4)cc2)cc1. The van der Waals surface area contributed by atoms with E-state index in [0.29, 0.717) is 0 Å². The summed E-state index contributed by atoms with van der Waals surface area (Å²) in [6.45, 7) is 4.93. The Kier molecular flexibility index (Phi) is 4.32. The van der Waals surface area contributed by atoms with Gasteiger partial charge >= 0.3 is 0 Å². The van der Waals surface area contributed by atoms with Crippen LogP contribution in [0.2, 0.25) is 0 Å². The molecule has 2 fully saturated rings. The van der Waals surface area contributed by atoms with E-state index in [0.717, 1.165) is 55.8 Å². The van der Waals surface area contributed by atoms with Gasteiger partial charge in [0.15, 0.2) is 11.6 Å². The van der Waals surface area contributed by atoms with Crippen LogP contribution in [0.1, 0.15) is 30.1 Å². The molecule has 0 atom stereocenters. The fraction of sp³-hybridized carbons (Fsp3) is 0.381. The third-order valence-electron chi connectivity index (χ3n) is 5.20. The molecule has 4 nitrogen and oxygen atoms in total. The Hall–Kier alpha value is -2.17. The normalized spacial score (nSPS) is 19.3. The van der Waals surface area contributed by atoms with Gasteiger partial charge in [0.25, 0.3) is 0 Å². The van der Waals surface area contributed by atoms with E-state index in [2.05, 4.69) is 29.2 Å². The first-order valence-corrected chi connectivity index (χ1v) is 8.90. The number of Topliss-reactive ketones (excluding diaryl/α,β-unsaturated/α-hetero) is 1. The number of nitrogens with zero attached hydrogens (tertiary/aromatic N) is 1. The van der Waals surface area contributed by atoms with Crippen LogP contribution in [0.15, 0.2) is 48.5 Å². The number of carbonyl (C=O) groups is 1. The zero-order chi connectivity index (χ0) is 17.3. The Morgan fingerprint density at radius 2 is 1.40 bits per heavy atom. The van der Waals surface area contributed by atoms with Crippen LogP contribution >= 0.6 is 0 Å². The van der Waals surface area contributed by atoms with Gasteiger partial charge in [0.2, 0.25) is 0 Å². The summed E-state index contributed by atoms with van der Waals surface area (Å²) in [5, 5.41) is 0. The monoisotopic (exact) mass is 337 g/mol. The minimum absolute atomic E-state index is 0.0972. The van der Waals surface area contributed by atoms with E-state index in [1.54, 1.807) is 6.92 Å². The summed E-state index contributed by atoms with van der Waals surface area (Å²) in [6.07, 6.45) is 1.84. The quantitative estimate of drug-likeness (QED) is 0.796. The molecule has 1 spiro atoms. The standard InChI is InChI=1S/C21H23NO3/c1-16(23)17-2-4-18(5-3-17)19-6-8-20(9-7-19)22-12-10-21(11-13-22)24-14-15-25-21/h2-9H,10-15H2,1H3. The lowest BCUT2D eigenvalue weighted by Crippen LogP contribution is -2.45. The third-order valence-corrected chi connectivity index (χ3v) is 5.20. The predicted molar refractivity (Wildman–Crippen MR) is 98.0 cm³/mol. The van der Waals surface area contributed by atoms with Crippen LogP contribution in [-0.2, 0) is 9.47 Å².